The molecule has 0 unspecified atom stereocenters. The van der Waals surface area contributed by atoms with Gasteiger partial charge in [-0.2, -0.15) is 0 Å². The number of hydrogen-bond donors (Lipinski definition) is 0. The molecule has 11 aromatic rings. The summed E-state index contributed by atoms with van der Waals surface area (Å²) in [7, 11) is 0. The molecule has 0 saturated heterocycles. The minimum absolute atomic E-state index is 0.798. The molecule has 0 aliphatic heterocycles. The van der Waals surface area contributed by atoms with Gasteiger partial charge in [-0.25, -0.2) is 4.98 Å². The van der Waals surface area contributed by atoms with Crippen molar-refractivity contribution in [1.29, 1.82) is 0 Å². The van der Waals surface area contributed by atoms with Crippen LogP contribution in [-0.4, -0.2) is 29.1 Å². The SMILES string of the molecule is c1ccc(-n2c3ccc(-c4cccc5c6ccccc6n(-c6cccc(-c7cc(-c8ccccn8)nc(-c8ccccn8)c7)c6)c45)cc3c3ncccc32)cc1. The summed E-state index contributed by atoms with van der Waals surface area (Å²) < 4.78 is 4.72. The highest BCUT2D eigenvalue weighted by molar-refractivity contribution is 6.15. The van der Waals surface area contributed by atoms with Crippen LogP contribution in [0.15, 0.2) is 195 Å². The van der Waals surface area contributed by atoms with Crippen LogP contribution < -0.4 is 0 Å². The summed E-state index contributed by atoms with van der Waals surface area (Å²) in [5, 5.41) is 3.53. The monoisotopic (exact) mass is 716 g/mol. The molecular formula is C50H32N6. The first-order valence-electron chi connectivity index (χ1n) is 18.7. The third-order valence-electron chi connectivity index (χ3n) is 10.7. The minimum atomic E-state index is 0.798. The lowest BCUT2D eigenvalue weighted by Crippen LogP contribution is -1.97. The van der Waals surface area contributed by atoms with Crippen molar-refractivity contribution in [3.63, 3.8) is 0 Å². The Morgan fingerprint density at radius 1 is 0.339 bits per heavy atom. The lowest BCUT2D eigenvalue weighted by atomic mass is 10.00. The maximum absolute atomic E-state index is 5.02. The summed E-state index contributed by atoms with van der Waals surface area (Å²) in [5.41, 5.74) is 15.3. The van der Waals surface area contributed by atoms with Crippen LogP contribution in [0.2, 0.25) is 0 Å². The van der Waals surface area contributed by atoms with Crippen LogP contribution in [0.25, 0.3) is 100 Å². The van der Waals surface area contributed by atoms with E-state index in [1.165, 1.54) is 10.8 Å². The molecule has 11 rings (SSSR count). The zero-order valence-electron chi connectivity index (χ0n) is 30.2. The smallest absolute Gasteiger partial charge is 0.0963 e. The first-order valence-corrected chi connectivity index (χ1v) is 18.7. The number of aromatic nitrogens is 6. The molecule has 6 heterocycles. The van der Waals surface area contributed by atoms with Gasteiger partial charge in [0.15, 0.2) is 0 Å². The van der Waals surface area contributed by atoms with Gasteiger partial charge < -0.3 is 9.13 Å². The van der Waals surface area contributed by atoms with Gasteiger partial charge in [-0.1, -0.05) is 84.9 Å². The van der Waals surface area contributed by atoms with Crippen molar-refractivity contribution >= 4 is 43.7 Å². The predicted molar refractivity (Wildman–Crippen MR) is 228 cm³/mol. The van der Waals surface area contributed by atoms with Crippen LogP contribution in [-0.2, 0) is 0 Å². The fraction of sp³-hybridized carbons (Fsp3) is 0. The molecule has 0 radical (unpaired) electrons. The zero-order valence-corrected chi connectivity index (χ0v) is 30.2. The van der Waals surface area contributed by atoms with E-state index in [1.54, 1.807) is 12.4 Å². The summed E-state index contributed by atoms with van der Waals surface area (Å²) in [5.74, 6) is 0. The zero-order chi connectivity index (χ0) is 37.0. The summed E-state index contributed by atoms with van der Waals surface area (Å²) in [6.07, 6.45) is 5.50. The van der Waals surface area contributed by atoms with Crippen molar-refractivity contribution in [2.75, 3.05) is 0 Å². The fourth-order valence-electron chi connectivity index (χ4n) is 8.19. The van der Waals surface area contributed by atoms with E-state index >= 15 is 0 Å². The molecule has 5 aromatic carbocycles. The van der Waals surface area contributed by atoms with Crippen molar-refractivity contribution in [3.05, 3.63) is 195 Å². The van der Waals surface area contributed by atoms with Crippen molar-refractivity contribution < 1.29 is 0 Å². The number of fused-ring (bicyclic) bond motifs is 6. The average molecular weight is 717 g/mol. The van der Waals surface area contributed by atoms with Gasteiger partial charge in [0, 0.05) is 51.7 Å². The van der Waals surface area contributed by atoms with E-state index in [-0.39, 0.29) is 0 Å². The van der Waals surface area contributed by atoms with E-state index in [2.05, 4.69) is 153 Å². The number of nitrogens with zero attached hydrogens (tertiary/aromatic N) is 6. The highest BCUT2D eigenvalue weighted by Crippen LogP contribution is 2.41. The Kier molecular flexibility index (Phi) is 7.38. The van der Waals surface area contributed by atoms with Crippen molar-refractivity contribution in [3.8, 4) is 56.4 Å². The van der Waals surface area contributed by atoms with Crippen molar-refractivity contribution in [2.24, 2.45) is 0 Å². The topological polar surface area (TPSA) is 61.4 Å². The Balaban J connectivity index is 1.12. The summed E-state index contributed by atoms with van der Waals surface area (Å²) >= 11 is 0. The van der Waals surface area contributed by atoms with Crippen LogP contribution in [0.1, 0.15) is 0 Å². The third kappa shape index (κ3) is 5.19. The van der Waals surface area contributed by atoms with E-state index in [4.69, 9.17) is 9.97 Å². The molecule has 0 N–H and O–H groups in total. The van der Waals surface area contributed by atoms with Crippen LogP contribution >= 0.6 is 0 Å². The molecule has 56 heavy (non-hydrogen) atoms. The molecular weight excluding hydrogens is 685 g/mol. The molecule has 262 valence electrons. The highest BCUT2D eigenvalue weighted by atomic mass is 15.0. The Labute approximate surface area is 322 Å². The third-order valence-corrected chi connectivity index (χ3v) is 10.7. The molecule has 0 spiro atoms. The lowest BCUT2D eigenvalue weighted by molar-refractivity contribution is 1.17. The van der Waals surface area contributed by atoms with Gasteiger partial charge in [0.1, 0.15) is 0 Å². The Hall–Kier alpha value is -7.70. The number of benzene rings is 5. The second kappa shape index (κ2) is 13.0. The van der Waals surface area contributed by atoms with E-state index in [0.29, 0.717) is 0 Å². The van der Waals surface area contributed by atoms with Gasteiger partial charge in [-0.15, -0.1) is 0 Å². The van der Waals surface area contributed by atoms with E-state index in [0.717, 1.165) is 89.4 Å². The Bertz CT molecular complexity index is 3180. The molecule has 6 aromatic heterocycles. The van der Waals surface area contributed by atoms with Crippen molar-refractivity contribution in [2.45, 2.75) is 0 Å². The minimum Gasteiger partial charge on any atom is -0.309 e. The fourth-order valence-corrected chi connectivity index (χ4v) is 8.19. The number of para-hydroxylation sites is 3. The molecule has 0 amide bonds. The van der Waals surface area contributed by atoms with Crippen LogP contribution in [0.3, 0.4) is 0 Å². The van der Waals surface area contributed by atoms with E-state index < -0.39 is 0 Å². The van der Waals surface area contributed by atoms with Crippen LogP contribution in [0.4, 0.5) is 0 Å². The number of hydrogen-bond acceptors (Lipinski definition) is 4. The molecule has 6 heteroatoms. The van der Waals surface area contributed by atoms with Crippen molar-refractivity contribution in [1.82, 2.24) is 29.1 Å². The first-order chi connectivity index (χ1) is 27.8. The summed E-state index contributed by atoms with van der Waals surface area (Å²) in [6.45, 7) is 0. The van der Waals surface area contributed by atoms with E-state index in [1.807, 2.05) is 48.7 Å². The van der Waals surface area contributed by atoms with Crippen LogP contribution in [0.5, 0.6) is 0 Å². The molecule has 0 fully saturated rings. The van der Waals surface area contributed by atoms with E-state index in [9.17, 15) is 0 Å². The molecule has 0 bridgehead atoms. The number of rotatable bonds is 6. The maximum Gasteiger partial charge on any atom is 0.0963 e. The molecule has 0 saturated carbocycles. The molecule has 0 atom stereocenters. The Morgan fingerprint density at radius 2 is 1.00 bits per heavy atom. The Morgan fingerprint density at radius 3 is 1.79 bits per heavy atom. The van der Waals surface area contributed by atoms with Gasteiger partial charge in [-0.3, -0.25) is 15.0 Å². The van der Waals surface area contributed by atoms with Gasteiger partial charge in [0.05, 0.1) is 50.4 Å². The standard InChI is InChI=1S/C50H32N6/c1-2-14-36(15-3-1)55-47-25-24-34(30-41(47)49-48(55)23-12-28-53-49)38-18-11-19-40-39-17-4-5-22-46(39)56(50(38)40)37-16-10-13-33(29-37)35-31-44(42-20-6-8-26-51-42)54-45(32-35)43-21-7-9-27-52-43/h1-32H. The van der Waals surface area contributed by atoms with Crippen LogP contribution in [0, 0.1) is 0 Å². The summed E-state index contributed by atoms with van der Waals surface area (Å²) in [4.78, 5) is 19.2. The maximum atomic E-state index is 5.02. The first kappa shape index (κ1) is 31.8. The quantitative estimate of drug-likeness (QED) is 0.172. The lowest BCUT2D eigenvalue weighted by Gasteiger charge is -2.14. The number of pyridine rings is 4. The summed E-state index contributed by atoms with van der Waals surface area (Å²) in [6, 6.07) is 61.7. The molecule has 0 aliphatic rings. The second-order valence-corrected chi connectivity index (χ2v) is 13.9. The van der Waals surface area contributed by atoms with Gasteiger partial charge >= 0.3 is 0 Å². The van der Waals surface area contributed by atoms with Gasteiger partial charge in [0.2, 0.25) is 0 Å². The largest absolute Gasteiger partial charge is 0.309 e. The normalized spacial score (nSPS) is 11.6. The second-order valence-electron chi connectivity index (χ2n) is 13.9. The predicted octanol–water partition coefficient (Wildman–Crippen LogP) is 12.1. The average Bonchev–Trinajstić information content (AvgIpc) is 3.80. The molecule has 6 nitrogen and oxygen atoms in total. The van der Waals surface area contributed by atoms with Gasteiger partial charge in [-0.05, 0) is 108 Å². The molecule has 0 aliphatic carbocycles. The van der Waals surface area contributed by atoms with Gasteiger partial charge in [0.25, 0.3) is 0 Å². The highest BCUT2D eigenvalue weighted by Gasteiger charge is 2.20.